The second-order valence-electron chi connectivity index (χ2n) is 10.7. The fourth-order valence-corrected chi connectivity index (χ4v) is 6.98. The second-order valence-corrected chi connectivity index (χ2v) is 14.1. The lowest BCUT2D eigenvalue weighted by Gasteiger charge is -2.34. The van der Waals surface area contributed by atoms with Crippen LogP contribution < -0.4 is 9.62 Å². The predicted octanol–water partition coefficient (Wildman–Crippen LogP) is 7.97. The molecule has 4 aromatic carbocycles. The lowest BCUT2D eigenvalue weighted by Crippen LogP contribution is -2.53. The van der Waals surface area contributed by atoms with Gasteiger partial charge in [-0.25, -0.2) is 8.42 Å². The van der Waals surface area contributed by atoms with Crippen LogP contribution in [0.4, 0.5) is 5.69 Å². The number of rotatable bonds is 13. The summed E-state index contributed by atoms with van der Waals surface area (Å²) in [5.74, 6) is -1.03. The molecule has 0 aromatic heterocycles. The molecule has 1 N–H and O–H groups in total. The molecule has 0 spiro atoms. The Bertz CT molecular complexity index is 1790. The van der Waals surface area contributed by atoms with Gasteiger partial charge in [0.1, 0.15) is 12.6 Å². The van der Waals surface area contributed by atoms with E-state index in [0.717, 1.165) is 15.4 Å². The highest BCUT2D eigenvalue weighted by Gasteiger charge is 2.35. The van der Waals surface area contributed by atoms with Gasteiger partial charge in [0.2, 0.25) is 11.8 Å². The van der Waals surface area contributed by atoms with Gasteiger partial charge in [-0.15, -0.1) is 0 Å². The molecule has 0 fully saturated rings. The minimum absolute atomic E-state index is 0.0209. The van der Waals surface area contributed by atoms with Gasteiger partial charge in [0, 0.05) is 19.5 Å². The Morgan fingerprint density at radius 3 is 2.15 bits per heavy atom. The lowest BCUT2D eigenvalue weighted by molar-refractivity contribution is -0.140. The molecule has 0 saturated heterocycles. The maximum absolute atomic E-state index is 14.5. The summed E-state index contributed by atoms with van der Waals surface area (Å²) >= 11 is 25.4. The van der Waals surface area contributed by atoms with Crippen LogP contribution in [-0.4, -0.2) is 44.3 Å². The van der Waals surface area contributed by atoms with Crippen molar-refractivity contribution < 1.29 is 18.0 Å². The maximum Gasteiger partial charge on any atom is 0.264 e. The molecule has 0 bridgehead atoms. The lowest BCUT2D eigenvalue weighted by atomic mass is 10.0. The van der Waals surface area contributed by atoms with Crippen LogP contribution in [0.15, 0.2) is 95.9 Å². The first kappa shape index (κ1) is 35.6. The van der Waals surface area contributed by atoms with Crippen LogP contribution in [0.2, 0.25) is 20.1 Å². The van der Waals surface area contributed by atoms with Crippen molar-refractivity contribution in [2.24, 2.45) is 0 Å². The molecule has 0 unspecified atom stereocenters. The van der Waals surface area contributed by atoms with Crippen LogP contribution in [-0.2, 0) is 32.6 Å². The highest BCUT2D eigenvalue weighted by atomic mass is 35.5. The molecule has 7 nitrogen and oxygen atoms in total. The number of aryl methyl sites for hydroxylation is 1. The summed E-state index contributed by atoms with van der Waals surface area (Å²) in [6.07, 6.45) is 0.854. The van der Waals surface area contributed by atoms with E-state index in [9.17, 15) is 18.0 Å². The normalized spacial score (nSPS) is 12.0. The van der Waals surface area contributed by atoms with Gasteiger partial charge in [-0.05, 0) is 60.9 Å². The zero-order valence-corrected chi connectivity index (χ0v) is 29.1. The van der Waals surface area contributed by atoms with Gasteiger partial charge >= 0.3 is 0 Å². The number of hydrogen-bond donors (Lipinski definition) is 1. The van der Waals surface area contributed by atoms with E-state index in [1.165, 1.54) is 29.2 Å². The Balaban J connectivity index is 1.84. The van der Waals surface area contributed by atoms with E-state index in [1.54, 1.807) is 36.4 Å². The summed E-state index contributed by atoms with van der Waals surface area (Å²) < 4.78 is 29.3. The first-order chi connectivity index (χ1) is 21.9. The van der Waals surface area contributed by atoms with Gasteiger partial charge in [0.05, 0.1) is 30.7 Å². The topological polar surface area (TPSA) is 86.8 Å². The molecule has 0 saturated carbocycles. The third-order valence-electron chi connectivity index (χ3n) is 7.25. The summed E-state index contributed by atoms with van der Waals surface area (Å²) in [7, 11) is -4.34. The van der Waals surface area contributed by atoms with Crippen molar-refractivity contribution in [2.45, 2.75) is 44.2 Å². The van der Waals surface area contributed by atoms with Gasteiger partial charge in [0.25, 0.3) is 10.0 Å². The van der Waals surface area contributed by atoms with Gasteiger partial charge in [0.15, 0.2) is 0 Å². The van der Waals surface area contributed by atoms with E-state index in [4.69, 9.17) is 46.4 Å². The minimum Gasteiger partial charge on any atom is -0.354 e. The number of halogens is 4. The minimum atomic E-state index is -4.34. The van der Waals surface area contributed by atoms with Crippen molar-refractivity contribution in [1.82, 2.24) is 10.2 Å². The molecule has 0 radical (unpaired) electrons. The zero-order chi connectivity index (χ0) is 33.4. The fourth-order valence-electron chi connectivity index (χ4n) is 4.79. The Morgan fingerprint density at radius 2 is 1.50 bits per heavy atom. The zero-order valence-electron chi connectivity index (χ0n) is 25.2. The number of benzene rings is 4. The number of carbonyl (C=O) groups excluding carboxylic acids is 2. The predicted molar refractivity (Wildman–Crippen MR) is 186 cm³/mol. The molecule has 12 heteroatoms. The molecule has 0 heterocycles. The van der Waals surface area contributed by atoms with E-state index in [2.05, 4.69) is 5.32 Å². The van der Waals surface area contributed by atoms with Crippen molar-refractivity contribution in [1.29, 1.82) is 0 Å². The van der Waals surface area contributed by atoms with Gasteiger partial charge < -0.3 is 10.2 Å². The molecule has 4 rings (SSSR count). The summed E-state index contributed by atoms with van der Waals surface area (Å²) in [6, 6.07) is 24.0. The molecular formula is C34H33Cl4N3O4S. The molecular weight excluding hydrogens is 688 g/mol. The molecule has 46 heavy (non-hydrogen) atoms. The molecule has 0 aliphatic carbocycles. The number of nitrogens with zero attached hydrogens (tertiary/aromatic N) is 2. The largest absolute Gasteiger partial charge is 0.354 e. The Hall–Kier alpha value is -3.27. The Labute approximate surface area is 290 Å². The van der Waals surface area contributed by atoms with Crippen LogP contribution in [0.25, 0.3) is 0 Å². The number of hydrogen-bond acceptors (Lipinski definition) is 4. The highest BCUT2D eigenvalue weighted by Crippen LogP contribution is 2.36. The quantitative estimate of drug-likeness (QED) is 0.152. The van der Waals surface area contributed by atoms with E-state index in [-0.39, 0.29) is 44.5 Å². The van der Waals surface area contributed by atoms with Crippen LogP contribution >= 0.6 is 46.4 Å². The molecule has 4 aromatic rings. The van der Waals surface area contributed by atoms with Gasteiger partial charge in [-0.2, -0.15) is 0 Å². The van der Waals surface area contributed by atoms with Crippen molar-refractivity contribution in [3.8, 4) is 0 Å². The monoisotopic (exact) mass is 719 g/mol. The third kappa shape index (κ3) is 8.75. The van der Waals surface area contributed by atoms with Crippen molar-refractivity contribution in [3.63, 3.8) is 0 Å². The summed E-state index contributed by atoms with van der Waals surface area (Å²) in [5.41, 5.74) is 2.29. The Kier molecular flexibility index (Phi) is 12.4. The average Bonchev–Trinajstić information content (AvgIpc) is 3.04. The second kappa shape index (κ2) is 16.0. The maximum atomic E-state index is 14.5. The number of amides is 2. The van der Waals surface area contributed by atoms with E-state index in [1.807, 2.05) is 44.2 Å². The van der Waals surface area contributed by atoms with E-state index < -0.39 is 28.5 Å². The van der Waals surface area contributed by atoms with Crippen molar-refractivity contribution in [3.05, 3.63) is 128 Å². The van der Waals surface area contributed by atoms with Crippen LogP contribution in [0.3, 0.4) is 0 Å². The van der Waals surface area contributed by atoms with Gasteiger partial charge in [-0.1, -0.05) is 113 Å². The fraction of sp³-hybridized carbons (Fsp3) is 0.235. The van der Waals surface area contributed by atoms with E-state index >= 15 is 0 Å². The van der Waals surface area contributed by atoms with Crippen molar-refractivity contribution in [2.75, 3.05) is 17.4 Å². The third-order valence-corrected chi connectivity index (χ3v) is 10.6. The summed E-state index contributed by atoms with van der Waals surface area (Å²) in [5, 5.41) is 3.59. The number of nitrogens with one attached hydrogen (secondary N) is 1. The molecule has 0 aliphatic rings. The van der Waals surface area contributed by atoms with E-state index in [0.29, 0.717) is 23.6 Å². The molecule has 1 atom stereocenters. The Morgan fingerprint density at radius 1 is 0.804 bits per heavy atom. The van der Waals surface area contributed by atoms with Crippen molar-refractivity contribution >= 4 is 73.9 Å². The number of anilines is 1. The standard InChI is InChI=1S/C34H33Cl4N3O4S/c1-3-18-39-34(43)31(20-24-8-5-4-6-9-24)40(21-25-14-17-27(35)29(37)19-25)32(42)22-41(30-11-7-10-28(36)33(30)38)46(44,45)26-15-12-23(2)13-16-26/h4-17,19,31H,3,18,20-22H2,1-2H3,(H,39,43)/t31-/m0/s1. The summed E-state index contributed by atoms with van der Waals surface area (Å²) in [6.45, 7) is 3.42. The molecule has 2 amide bonds. The molecule has 0 aliphatic heterocycles. The first-order valence-corrected chi connectivity index (χ1v) is 17.5. The number of carbonyl (C=O) groups is 2. The smallest absolute Gasteiger partial charge is 0.264 e. The number of sulfonamides is 1. The average molecular weight is 722 g/mol. The van der Waals surface area contributed by atoms with Gasteiger partial charge in [-0.3, -0.25) is 13.9 Å². The first-order valence-electron chi connectivity index (χ1n) is 14.5. The highest BCUT2D eigenvalue weighted by molar-refractivity contribution is 7.92. The SMILES string of the molecule is CCCNC(=O)[C@H](Cc1ccccc1)N(Cc1ccc(Cl)c(Cl)c1)C(=O)CN(c1cccc(Cl)c1Cl)S(=O)(=O)c1ccc(C)cc1. The van der Waals surface area contributed by atoms with Crippen LogP contribution in [0, 0.1) is 6.92 Å². The van der Waals surface area contributed by atoms with Crippen LogP contribution in [0.1, 0.15) is 30.0 Å². The molecule has 242 valence electrons. The summed E-state index contributed by atoms with van der Waals surface area (Å²) in [4.78, 5) is 29.6. The van der Waals surface area contributed by atoms with Crippen LogP contribution in [0.5, 0.6) is 0 Å².